The van der Waals surface area contributed by atoms with E-state index in [1.54, 1.807) is 0 Å². The predicted molar refractivity (Wildman–Crippen MR) is 112 cm³/mol. The highest BCUT2D eigenvalue weighted by molar-refractivity contribution is 5.85. The van der Waals surface area contributed by atoms with Crippen LogP contribution >= 0.6 is 0 Å². The van der Waals surface area contributed by atoms with Gasteiger partial charge in [-0.05, 0) is 29.5 Å². The Morgan fingerprint density at radius 1 is 0.900 bits per heavy atom. The van der Waals surface area contributed by atoms with Gasteiger partial charge >= 0.3 is 12.1 Å². The summed E-state index contributed by atoms with van der Waals surface area (Å²) < 4.78 is 11.1. The summed E-state index contributed by atoms with van der Waals surface area (Å²) >= 11 is 0. The van der Waals surface area contributed by atoms with Crippen molar-refractivity contribution in [2.75, 3.05) is 6.73 Å². The van der Waals surface area contributed by atoms with Gasteiger partial charge in [0.25, 0.3) is 0 Å². The molecular formula is C25H21NO4. The van der Waals surface area contributed by atoms with Crippen molar-refractivity contribution < 1.29 is 19.1 Å². The van der Waals surface area contributed by atoms with E-state index < -0.39 is 18.2 Å². The first-order valence-corrected chi connectivity index (χ1v) is 10.1. The molecule has 150 valence electrons. The first kappa shape index (κ1) is 18.4. The molecule has 1 fully saturated rings. The Labute approximate surface area is 174 Å². The number of hydrogen-bond donors (Lipinski definition) is 0. The monoisotopic (exact) mass is 399 g/mol. The van der Waals surface area contributed by atoms with Crippen LogP contribution < -0.4 is 0 Å². The number of aryl methyl sites for hydroxylation is 1. The smallest absolute Gasteiger partial charge is 0.414 e. The van der Waals surface area contributed by atoms with Gasteiger partial charge in [-0.1, -0.05) is 78.9 Å². The number of cyclic esters (lactones) is 1. The number of nitrogens with zero attached hydrogens (tertiary/aromatic N) is 1. The highest BCUT2D eigenvalue weighted by atomic mass is 16.6. The number of ether oxygens (including phenoxy) is 2. The van der Waals surface area contributed by atoms with E-state index >= 15 is 0 Å². The lowest BCUT2D eigenvalue weighted by Gasteiger charge is -2.23. The van der Waals surface area contributed by atoms with E-state index in [1.165, 1.54) is 4.90 Å². The molecule has 2 aliphatic rings. The zero-order chi connectivity index (χ0) is 20.5. The molecule has 5 heteroatoms. The topological polar surface area (TPSA) is 55.8 Å². The third-order valence-electron chi connectivity index (χ3n) is 5.77. The molecule has 0 N–H and O–H groups in total. The molecule has 1 atom stereocenters. The summed E-state index contributed by atoms with van der Waals surface area (Å²) in [6.07, 6.45) is 0.153. The average Bonchev–Trinajstić information content (AvgIpc) is 3.31. The fourth-order valence-corrected chi connectivity index (χ4v) is 4.25. The second-order valence-electron chi connectivity index (χ2n) is 7.54. The van der Waals surface area contributed by atoms with Gasteiger partial charge in [0.05, 0.1) is 0 Å². The zero-order valence-electron chi connectivity index (χ0n) is 16.4. The van der Waals surface area contributed by atoms with Crippen LogP contribution in [0.2, 0.25) is 0 Å². The van der Waals surface area contributed by atoms with Gasteiger partial charge in [0, 0.05) is 11.1 Å². The Morgan fingerprint density at radius 3 is 2.17 bits per heavy atom. The van der Waals surface area contributed by atoms with Crippen molar-refractivity contribution in [1.82, 2.24) is 4.90 Å². The largest absolute Gasteiger partial charge is 0.442 e. The third kappa shape index (κ3) is 3.22. The normalized spacial score (nSPS) is 17.4. The van der Waals surface area contributed by atoms with E-state index in [0.717, 1.165) is 27.8 Å². The van der Waals surface area contributed by atoms with Crippen LogP contribution in [0.1, 0.15) is 29.2 Å². The minimum absolute atomic E-state index is 0.0763. The van der Waals surface area contributed by atoms with E-state index in [-0.39, 0.29) is 12.7 Å². The van der Waals surface area contributed by atoms with Gasteiger partial charge in [0.15, 0.2) is 12.8 Å². The van der Waals surface area contributed by atoms with Gasteiger partial charge in [-0.25, -0.2) is 9.59 Å². The van der Waals surface area contributed by atoms with Crippen molar-refractivity contribution in [3.63, 3.8) is 0 Å². The molecule has 0 radical (unpaired) electrons. The number of hydrogen-bond acceptors (Lipinski definition) is 4. The molecule has 0 saturated carbocycles. The lowest BCUT2D eigenvalue weighted by molar-refractivity contribution is -0.139. The van der Waals surface area contributed by atoms with Crippen molar-refractivity contribution in [2.24, 2.45) is 0 Å². The molecular weight excluding hydrogens is 378 g/mol. The second kappa shape index (κ2) is 7.67. The van der Waals surface area contributed by atoms with Crippen LogP contribution in [0.5, 0.6) is 0 Å². The molecule has 3 aromatic rings. The maximum absolute atomic E-state index is 13.1. The summed E-state index contributed by atoms with van der Waals surface area (Å²) in [5.74, 6) is -0.380. The lowest BCUT2D eigenvalue weighted by atomic mass is 10.1. The van der Waals surface area contributed by atoms with Gasteiger partial charge in [-0.2, -0.15) is 0 Å². The molecule has 30 heavy (non-hydrogen) atoms. The fourth-order valence-electron chi connectivity index (χ4n) is 4.25. The number of esters is 1. The van der Waals surface area contributed by atoms with E-state index in [1.807, 2.05) is 78.9 Å². The molecule has 0 unspecified atom stereocenters. The van der Waals surface area contributed by atoms with E-state index in [9.17, 15) is 9.59 Å². The summed E-state index contributed by atoms with van der Waals surface area (Å²) in [4.78, 5) is 26.7. The standard InChI is InChI=1S/C25H21NO4/c27-24-22(15-14-17-8-2-1-3-9-17)26(16-29-24)25(28)30-23-20-12-6-4-10-18(20)19-11-5-7-13-21(19)23/h1-13,22-23H,14-16H2/t22-/m0/s1. The van der Waals surface area contributed by atoms with Crippen LogP contribution in [0, 0.1) is 0 Å². The number of rotatable bonds is 4. The van der Waals surface area contributed by atoms with E-state index in [0.29, 0.717) is 12.8 Å². The molecule has 5 rings (SSSR count). The molecule has 5 nitrogen and oxygen atoms in total. The molecule has 1 aliphatic heterocycles. The van der Waals surface area contributed by atoms with Crippen molar-refractivity contribution in [3.05, 3.63) is 95.6 Å². The quantitative estimate of drug-likeness (QED) is 0.596. The summed E-state index contributed by atoms with van der Waals surface area (Å²) in [6.45, 7) is -0.0763. The van der Waals surface area contributed by atoms with Gasteiger partial charge in [0.2, 0.25) is 0 Å². The molecule has 1 aliphatic carbocycles. The highest BCUT2D eigenvalue weighted by Crippen LogP contribution is 2.45. The Morgan fingerprint density at radius 2 is 1.50 bits per heavy atom. The van der Waals surface area contributed by atoms with Gasteiger partial charge in [0.1, 0.15) is 6.04 Å². The zero-order valence-corrected chi connectivity index (χ0v) is 16.4. The molecule has 1 heterocycles. The van der Waals surface area contributed by atoms with Crippen LogP contribution in [-0.4, -0.2) is 29.7 Å². The third-order valence-corrected chi connectivity index (χ3v) is 5.77. The van der Waals surface area contributed by atoms with Crippen molar-refractivity contribution >= 4 is 12.1 Å². The average molecular weight is 399 g/mol. The molecule has 1 saturated heterocycles. The summed E-state index contributed by atoms with van der Waals surface area (Å²) in [7, 11) is 0. The van der Waals surface area contributed by atoms with Gasteiger partial charge in [-0.15, -0.1) is 0 Å². The molecule has 1 amide bonds. The number of carbonyl (C=O) groups excluding carboxylic acids is 2. The molecule has 0 bridgehead atoms. The number of amides is 1. The van der Waals surface area contributed by atoms with Crippen LogP contribution in [0.3, 0.4) is 0 Å². The number of fused-ring (bicyclic) bond motifs is 3. The number of benzene rings is 3. The molecule has 3 aromatic carbocycles. The van der Waals surface area contributed by atoms with Gasteiger partial charge in [-0.3, -0.25) is 4.90 Å². The Bertz CT molecular complexity index is 1050. The Balaban J connectivity index is 1.35. The van der Waals surface area contributed by atoms with E-state index in [4.69, 9.17) is 9.47 Å². The van der Waals surface area contributed by atoms with E-state index in [2.05, 4.69) is 0 Å². The van der Waals surface area contributed by atoms with Crippen LogP contribution in [-0.2, 0) is 20.7 Å². The summed E-state index contributed by atoms with van der Waals surface area (Å²) in [5, 5.41) is 0. The van der Waals surface area contributed by atoms with Crippen molar-refractivity contribution in [3.8, 4) is 11.1 Å². The first-order chi connectivity index (χ1) is 14.7. The van der Waals surface area contributed by atoms with Crippen LogP contribution in [0.4, 0.5) is 4.79 Å². The fraction of sp³-hybridized carbons (Fsp3) is 0.200. The van der Waals surface area contributed by atoms with Gasteiger partial charge < -0.3 is 9.47 Å². The summed E-state index contributed by atoms with van der Waals surface area (Å²) in [5.41, 5.74) is 5.17. The Hall–Kier alpha value is -3.60. The van der Waals surface area contributed by atoms with Crippen LogP contribution in [0.15, 0.2) is 78.9 Å². The molecule has 0 aromatic heterocycles. The Kier molecular flexibility index (Phi) is 4.71. The maximum Gasteiger partial charge on any atom is 0.414 e. The number of carbonyl (C=O) groups is 2. The SMILES string of the molecule is O=C1OCN(C(=O)OC2c3ccccc3-c3ccccc32)[C@H]1CCc1ccccc1. The summed E-state index contributed by atoms with van der Waals surface area (Å²) in [6, 6.07) is 25.1. The van der Waals surface area contributed by atoms with Crippen molar-refractivity contribution in [1.29, 1.82) is 0 Å². The lowest BCUT2D eigenvalue weighted by Crippen LogP contribution is -2.39. The predicted octanol–water partition coefficient (Wildman–Crippen LogP) is 4.71. The second-order valence-corrected chi connectivity index (χ2v) is 7.54. The first-order valence-electron chi connectivity index (χ1n) is 10.1. The maximum atomic E-state index is 13.1. The minimum Gasteiger partial charge on any atom is -0.442 e. The van der Waals surface area contributed by atoms with Crippen molar-refractivity contribution in [2.45, 2.75) is 25.0 Å². The molecule has 0 spiro atoms. The minimum atomic E-state index is -0.635. The van der Waals surface area contributed by atoms with Crippen LogP contribution in [0.25, 0.3) is 11.1 Å². The highest BCUT2D eigenvalue weighted by Gasteiger charge is 2.40.